The first-order chi connectivity index (χ1) is 15.7. The van der Waals surface area contributed by atoms with Gasteiger partial charge in [-0.3, -0.25) is 0 Å². The van der Waals surface area contributed by atoms with Crippen molar-refractivity contribution in [3.05, 3.63) is 88.0 Å². The van der Waals surface area contributed by atoms with Crippen molar-refractivity contribution in [2.75, 3.05) is 23.2 Å². The average molecular weight is 537 g/mol. The van der Waals surface area contributed by atoms with Crippen LogP contribution in [0.2, 0.25) is 0 Å². The number of ether oxygens (including phenoxy) is 1. The second kappa shape index (κ2) is 10.5. The van der Waals surface area contributed by atoms with Crippen molar-refractivity contribution in [3.63, 3.8) is 0 Å². The number of benzene rings is 3. The maximum atomic E-state index is 5.21. The maximum absolute atomic E-state index is 5.21. The Hall–Kier alpha value is -3.73. The molecule has 9 heteroatoms. The third kappa shape index (κ3) is 6.14. The van der Waals surface area contributed by atoms with E-state index < -0.39 is 0 Å². The molecule has 4 aromatic rings. The molecule has 32 heavy (non-hydrogen) atoms. The van der Waals surface area contributed by atoms with Crippen molar-refractivity contribution in [2.45, 2.75) is 0 Å². The van der Waals surface area contributed by atoms with Gasteiger partial charge in [-0.25, -0.2) is 5.43 Å². The van der Waals surface area contributed by atoms with E-state index in [4.69, 9.17) is 4.74 Å². The van der Waals surface area contributed by atoms with Gasteiger partial charge >= 0.3 is 0 Å². The summed E-state index contributed by atoms with van der Waals surface area (Å²) >= 11 is 2.26. The summed E-state index contributed by atoms with van der Waals surface area (Å²) in [7, 11) is 1.63. The fourth-order valence-electron chi connectivity index (χ4n) is 2.74. The number of hydrogen-bond acceptors (Lipinski definition) is 8. The first-order valence-electron chi connectivity index (χ1n) is 9.72. The van der Waals surface area contributed by atoms with Crippen LogP contribution in [0.4, 0.5) is 29.2 Å². The molecule has 0 aliphatic carbocycles. The number of para-hydroxylation sites is 1. The molecule has 1 aromatic heterocycles. The summed E-state index contributed by atoms with van der Waals surface area (Å²) in [5, 5.41) is 10.6. The van der Waals surface area contributed by atoms with Gasteiger partial charge in [-0.15, -0.1) is 0 Å². The van der Waals surface area contributed by atoms with Crippen LogP contribution in [0.25, 0.3) is 0 Å². The highest BCUT2D eigenvalue weighted by molar-refractivity contribution is 14.1. The van der Waals surface area contributed by atoms with Crippen LogP contribution in [0.1, 0.15) is 5.56 Å². The van der Waals surface area contributed by atoms with E-state index in [2.05, 4.69) is 58.7 Å². The smallest absolute Gasteiger partial charge is 0.250 e. The molecule has 0 saturated carbocycles. The van der Waals surface area contributed by atoms with Crippen LogP contribution in [-0.4, -0.2) is 28.3 Å². The third-order valence-electron chi connectivity index (χ3n) is 4.24. The molecule has 0 aliphatic rings. The van der Waals surface area contributed by atoms with E-state index in [1.807, 2.05) is 78.9 Å². The van der Waals surface area contributed by atoms with Crippen molar-refractivity contribution in [2.24, 2.45) is 5.10 Å². The van der Waals surface area contributed by atoms with Crippen molar-refractivity contribution in [3.8, 4) is 5.75 Å². The third-order valence-corrected chi connectivity index (χ3v) is 4.91. The summed E-state index contributed by atoms with van der Waals surface area (Å²) in [5.74, 6) is 1.82. The average Bonchev–Trinajstić information content (AvgIpc) is 2.80. The lowest BCUT2D eigenvalue weighted by Crippen LogP contribution is -2.07. The fourth-order valence-corrected chi connectivity index (χ4v) is 3.31. The van der Waals surface area contributed by atoms with Crippen molar-refractivity contribution >= 4 is 58.0 Å². The number of rotatable bonds is 8. The zero-order chi connectivity index (χ0) is 22.2. The van der Waals surface area contributed by atoms with Gasteiger partial charge in [-0.2, -0.15) is 20.1 Å². The Kier molecular flexibility index (Phi) is 7.08. The monoisotopic (exact) mass is 537 g/mol. The standard InChI is InChI=1S/C23H20IN7O/c1-32-20-12-10-19(11-13-20)27-22-28-21(26-18-8-3-2-4-9-18)29-23(30-22)31-25-15-16-6-5-7-17(24)14-16/h2-15H,1H3,(H3,26,27,28,29,30,31)/b25-15-. The quantitative estimate of drug-likeness (QED) is 0.157. The number of halogens is 1. The number of nitrogens with one attached hydrogen (secondary N) is 3. The Morgan fingerprint density at radius 3 is 2.09 bits per heavy atom. The molecule has 0 atom stereocenters. The van der Waals surface area contributed by atoms with Crippen LogP contribution in [0.15, 0.2) is 84.0 Å². The van der Waals surface area contributed by atoms with Crippen LogP contribution in [0, 0.1) is 3.57 Å². The summed E-state index contributed by atoms with van der Waals surface area (Å²) in [4.78, 5) is 13.3. The lowest BCUT2D eigenvalue weighted by Gasteiger charge is -2.10. The highest BCUT2D eigenvalue weighted by atomic mass is 127. The molecule has 0 spiro atoms. The van der Waals surface area contributed by atoms with Gasteiger partial charge in [0.25, 0.3) is 0 Å². The van der Waals surface area contributed by atoms with Gasteiger partial charge in [0.15, 0.2) is 0 Å². The molecule has 0 radical (unpaired) electrons. The zero-order valence-electron chi connectivity index (χ0n) is 17.2. The number of methoxy groups -OCH3 is 1. The molecular weight excluding hydrogens is 517 g/mol. The van der Waals surface area contributed by atoms with Crippen LogP contribution >= 0.6 is 22.6 Å². The van der Waals surface area contributed by atoms with E-state index in [0.717, 1.165) is 26.3 Å². The molecule has 4 rings (SSSR count). The second-order valence-corrected chi connectivity index (χ2v) is 7.82. The van der Waals surface area contributed by atoms with Gasteiger partial charge in [-0.05, 0) is 76.7 Å². The Labute approximate surface area is 199 Å². The van der Waals surface area contributed by atoms with Gasteiger partial charge in [0.1, 0.15) is 5.75 Å². The number of hydrazone groups is 1. The Bertz CT molecular complexity index is 1200. The second-order valence-electron chi connectivity index (χ2n) is 6.58. The highest BCUT2D eigenvalue weighted by Gasteiger charge is 2.08. The van der Waals surface area contributed by atoms with Gasteiger partial charge in [0.05, 0.1) is 13.3 Å². The topological polar surface area (TPSA) is 96.4 Å². The molecule has 0 saturated heterocycles. The number of nitrogens with zero attached hydrogens (tertiary/aromatic N) is 4. The lowest BCUT2D eigenvalue weighted by molar-refractivity contribution is 0.415. The van der Waals surface area contributed by atoms with E-state index in [1.165, 1.54) is 0 Å². The molecule has 0 amide bonds. The predicted octanol–water partition coefficient (Wildman–Crippen LogP) is 5.42. The van der Waals surface area contributed by atoms with E-state index in [9.17, 15) is 0 Å². The van der Waals surface area contributed by atoms with Crippen LogP contribution in [0.5, 0.6) is 5.75 Å². The first kappa shape index (κ1) is 21.5. The SMILES string of the molecule is COc1ccc(Nc2nc(N/N=C\c3cccc(I)c3)nc(Nc3ccccc3)n2)cc1. The molecule has 0 fully saturated rings. The molecular formula is C23H20IN7O. The minimum atomic E-state index is 0.302. The minimum Gasteiger partial charge on any atom is -0.497 e. The summed E-state index contributed by atoms with van der Waals surface area (Å²) in [5.41, 5.74) is 5.54. The van der Waals surface area contributed by atoms with E-state index in [1.54, 1.807) is 13.3 Å². The molecule has 3 aromatic carbocycles. The maximum Gasteiger partial charge on any atom is 0.250 e. The fraction of sp³-hybridized carbons (Fsp3) is 0.0435. The van der Waals surface area contributed by atoms with Crippen molar-refractivity contribution in [1.82, 2.24) is 15.0 Å². The van der Waals surface area contributed by atoms with Gasteiger partial charge in [-0.1, -0.05) is 30.3 Å². The molecule has 3 N–H and O–H groups in total. The van der Waals surface area contributed by atoms with Crippen molar-refractivity contribution < 1.29 is 4.74 Å². The normalized spacial score (nSPS) is 10.7. The van der Waals surface area contributed by atoms with E-state index in [0.29, 0.717) is 17.8 Å². The van der Waals surface area contributed by atoms with Crippen molar-refractivity contribution in [1.29, 1.82) is 0 Å². The van der Waals surface area contributed by atoms with Gasteiger partial charge < -0.3 is 15.4 Å². The Balaban J connectivity index is 1.57. The van der Waals surface area contributed by atoms with Gasteiger partial charge in [0, 0.05) is 14.9 Å². The summed E-state index contributed by atoms with van der Waals surface area (Å²) < 4.78 is 6.34. The summed E-state index contributed by atoms with van der Waals surface area (Å²) in [6.45, 7) is 0. The molecule has 1 heterocycles. The molecule has 8 nitrogen and oxygen atoms in total. The summed E-state index contributed by atoms with van der Waals surface area (Å²) in [6.07, 6.45) is 1.72. The molecule has 0 unspecified atom stereocenters. The molecule has 160 valence electrons. The number of aromatic nitrogens is 3. The van der Waals surface area contributed by atoms with Crippen LogP contribution in [0.3, 0.4) is 0 Å². The Morgan fingerprint density at radius 2 is 1.44 bits per heavy atom. The zero-order valence-corrected chi connectivity index (χ0v) is 19.3. The van der Waals surface area contributed by atoms with E-state index >= 15 is 0 Å². The number of anilines is 5. The van der Waals surface area contributed by atoms with Crippen LogP contribution < -0.4 is 20.8 Å². The van der Waals surface area contributed by atoms with E-state index in [-0.39, 0.29) is 0 Å². The first-order valence-corrected chi connectivity index (χ1v) is 10.8. The lowest BCUT2D eigenvalue weighted by atomic mass is 10.2. The van der Waals surface area contributed by atoms with Gasteiger partial charge in [0.2, 0.25) is 17.8 Å². The van der Waals surface area contributed by atoms with Crippen LogP contribution in [-0.2, 0) is 0 Å². The highest BCUT2D eigenvalue weighted by Crippen LogP contribution is 2.20. The summed E-state index contributed by atoms with van der Waals surface area (Å²) in [6, 6.07) is 25.2. The molecule has 0 aliphatic heterocycles. The molecule has 0 bridgehead atoms. The minimum absolute atomic E-state index is 0.302. The Morgan fingerprint density at radius 1 is 0.781 bits per heavy atom. The number of hydrogen-bond donors (Lipinski definition) is 3. The largest absolute Gasteiger partial charge is 0.497 e. The predicted molar refractivity (Wildman–Crippen MR) is 136 cm³/mol.